The summed E-state index contributed by atoms with van der Waals surface area (Å²) in [5.41, 5.74) is 0.824. The number of rotatable bonds is 15. The fourth-order valence-electron chi connectivity index (χ4n) is 2.15. The average molecular weight is 422 g/mol. The Bertz CT molecular complexity index is 665. The number of hydrogen-bond donors (Lipinski definition) is 1. The molecule has 0 bridgehead atoms. The zero-order valence-electron chi connectivity index (χ0n) is 17.4. The second-order valence-corrected chi connectivity index (χ2v) is 6.38. The van der Waals surface area contributed by atoms with Gasteiger partial charge in [-0.1, -0.05) is 6.58 Å². The van der Waals surface area contributed by atoms with Crippen LogP contribution in [0.15, 0.2) is 36.7 Å². The maximum atomic E-state index is 11.7. The van der Waals surface area contributed by atoms with Crippen LogP contribution >= 0.6 is 0 Å². The normalized spacial score (nSPS) is 10.2. The van der Waals surface area contributed by atoms with Gasteiger partial charge < -0.3 is 24.3 Å². The van der Waals surface area contributed by atoms with Crippen molar-refractivity contribution < 1.29 is 33.3 Å². The van der Waals surface area contributed by atoms with Crippen molar-refractivity contribution in [3.05, 3.63) is 42.2 Å². The van der Waals surface area contributed by atoms with Crippen molar-refractivity contribution in [3.63, 3.8) is 0 Å². The number of nitrogens with zero attached hydrogens (tertiary/aromatic N) is 1. The summed E-state index contributed by atoms with van der Waals surface area (Å²) in [5.74, 6) is -0.805. The Balaban J connectivity index is 1.86. The van der Waals surface area contributed by atoms with Crippen LogP contribution in [-0.4, -0.2) is 62.6 Å². The highest BCUT2D eigenvalue weighted by Crippen LogP contribution is 2.04. The van der Waals surface area contributed by atoms with Crippen molar-refractivity contribution in [2.75, 3.05) is 39.6 Å². The summed E-state index contributed by atoms with van der Waals surface area (Å²) in [6.07, 6.45) is 5.82. The minimum atomic E-state index is -0.501. The third-order valence-corrected chi connectivity index (χ3v) is 3.75. The third-order valence-electron chi connectivity index (χ3n) is 3.75. The predicted octanol–water partition coefficient (Wildman–Crippen LogP) is 2.66. The summed E-state index contributed by atoms with van der Waals surface area (Å²) >= 11 is 0. The standard InChI is InChI=1S/C21H30N2O7/c1-17(2)19(24)29-16-15-27-14-11-23-21(26)30-13-6-4-3-5-12-28-20(25)18-7-9-22-10-8-18/h7-10H,1,3-6,11-16H2,2H3,(H,23,26). The molecule has 1 heterocycles. The van der Waals surface area contributed by atoms with Gasteiger partial charge in [-0.05, 0) is 44.7 Å². The van der Waals surface area contributed by atoms with Crippen LogP contribution in [-0.2, 0) is 23.7 Å². The van der Waals surface area contributed by atoms with E-state index in [1.165, 1.54) is 0 Å². The number of ether oxygens (including phenoxy) is 4. The smallest absolute Gasteiger partial charge is 0.407 e. The highest BCUT2D eigenvalue weighted by atomic mass is 16.6. The number of unbranched alkanes of at least 4 members (excludes halogenated alkanes) is 3. The van der Waals surface area contributed by atoms with Crippen LogP contribution in [0.5, 0.6) is 0 Å². The molecule has 1 aromatic rings. The molecule has 0 unspecified atom stereocenters. The largest absolute Gasteiger partial charge is 0.462 e. The molecule has 0 fully saturated rings. The summed E-state index contributed by atoms with van der Waals surface area (Å²) in [6, 6.07) is 3.22. The lowest BCUT2D eigenvalue weighted by Crippen LogP contribution is -2.28. The number of amides is 1. The molecule has 0 atom stereocenters. The lowest BCUT2D eigenvalue weighted by Gasteiger charge is -2.08. The van der Waals surface area contributed by atoms with Crippen molar-refractivity contribution in [3.8, 4) is 0 Å². The van der Waals surface area contributed by atoms with Crippen molar-refractivity contribution in [2.45, 2.75) is 32.6 Å². The Hall–Kier alpha value is -2.94. The highest BCUT2D eigenvalue weighted by Gasteiger charge is 2.06. The van der Waals surface area contributed by atoms with Gasteiger partial charge in [0.1, 0.15) is 6.61 Å². The van der Waals surface area contributed by atoms with Crippen molar-refractivity contribution >= 4 is 18.0 Å². The van der Waals surface area contributed by atoms with Gasteiger partial charge in [-0.25, -0.2) is 14.4 Å². The SMILES string of the molecule is C=C(C)C(=O)OCCOCCNC(=O)OCCCCCCOC(=O)c1ccncc1. The Morgan fingerprint density at radius 3 is 2.23 bits per heavy atom. The number of hydrogen-bond acceptors (Lipinski definition) is 8. The topological polar surface area (TPSA) is 113 Å². The van der Waals surface area contributed by atoms with Gasteiger partial charge in [-0.15, -0.1) is 0 Å². The van der Waals surface area contributed by atoms with Crippen LogP contribution in [0.1, 0.15) is 43.0 Å². The number of esters is 2. The maximum Gasteiger partial charge on any atom is 0.407 e. The molecule has 9 heteroatoms. The maximum absolute atomic E-state index is 11.7. The molecule has 0 aliphatic heterocycles. The van der Waals surface area contributed by atoms with Crippen molar-refractivity contribution in [1.29, 1.82) is 0 Å². The number of alkyl carbamates (subject to hydrolysis) is 1. The van der Waals surface area contributed by atoms with E-state index in [1.54, 1.807) is 31.5 Å². The predicted molar refractivity (Wildman–Crippen MR) is 109 cm³/mol. The average Bonchev–Trinajstić information content (AvgIpc) is 2.75. The van der Waals surface area contributed by atoms with Crippen LogP contribution in [0, 0.1) is 0 Å². The van der Waals surface area contributed by atoms with Gasteiger partial charge in [0.2, 0.25) is 0 Å². The van der Waals surface area contributed by atoms with Crippen LogP contribution in [0.3, 0.4) is 0 Å². The molecule has 9 nitrogen and oxygen atoms in total. The molecule has 0 saturated carbocycles. The third kappa shape index (κ3) is 12.5. The molecule has 1 N–H and O–H groups in total. The fraction of sp³-hybridized carbons (Fsp3) is 0.524. The van der Waals surface area contributed by atoms with E-state index in [2.05, 4.69) is 16.9 Å². The van der Waals surface area contributed by atoms with Gasteiger partial charge in [0, 0.05) is 24.5 Å². The van der Waals surface area contributed by atoms with E-state index >= 15 is 0 Å². The summed E-state index contributed by atoms with van der Waals surface area (Å²) in [4.78, 5) is 38.2. The minimum absolute atomic E-state index is 0.138. The molecule has 30 heavy (non-hydrogen) atoms. The van der Waals surface area contributed by atoms with Crippen LogP contribution < -0.4 is 5.32 Å². The molecular formula is C21H30N2O7. The van der Waals surface area contributed by atoms with Crippen LogP contribution in [0.2, 0.25) is 0 Å². The van der Waals surface area contributed by atoms with Gasteiger partial charge in [0.05, 0.1) is 32.0 Å². The van der Waals surface area contributed by atoms with E-state index in [0.717, 1.165) is 25.7 Å². The molecule has 0 aliphatic carbocycles. The number of aromatic nitrogens is 1. The van der Waals surface area contributed by atoms with Gasteiger partial charge in [0.25, 0.3) is 0 Å². The van der Waals surface area contributed by atoms with E-state index in [4.69, 9.17) is 18.9 Å². The van der Waals surface area contributed by atoms with Crippen LogP contribution in [0.4, 0.5) is 4.79 Å². The number of nitrogens with one attached hydrogen (secondary N) is 1. The van der Waals surface area contributed by atoms with E-state index in [9.17, 15) is 14.4 Å². The molecule has 1 rings (SSSR count). The molecule has 166 valence electrons. The van der Waals surface area contributed by atoms with E-state index in [1.807, 2.05) is 0 Å². The second-order valence-electron chi connectivity index (χ2n) is 6.38. The van der Waals surface area contributed by atoms with Gasteiger partial charge in [0.15, 0.2) is 0 Å². The Morgan fingerprint density at radius 1 is 0.900 bits per heavy atom. The van der Waals surface area contributed by atoms with Gasteiger partial charge >= 0.3 is 18.0 Å². The first-order valence-electron chi connectivity index (χ1n) is 9.89. The molecule has 0 saturated heterocycles. The monoisotopic (exact) mass is 422 g/mol. The summed E-state index contributed by atoms with van der Waals surface area (Å²) < 4.78 is 20.3. The molecular weight excluding hydrogens is 392 g/mol. The zero-order valence-corrected chi connectivity index (χ0v) is 17.4. The van der Waals surface area contributed by atoms with Gasteiger partial charge in [-0.2, -0.15) is 0 Å². The molecule has 0 aromatic carbocycles. The van der Waals surface area contributed by atoms with Crippen molar-refractivity contribution in [2.24, 2.45) is 0 Å². The number of carbonyl (C=O) groups excluding carboxylic acids is 3. The lowest BCUT2D eigenvalue weighted by atomic mass is 10.2. The Morgan fingerprint density at radius 2 is 1.57 bits per heavy atom. The number of pyridine rings is 1. The molecule has 0 radical (unpaired) electrons. The molecule has 1 amide bonds. The first-order valence-corrected chi connectivity index (χ1v) is 9.89. The minimum Gasteiger partial charge on any atom is -0.462 e. The van der Waals surface area contributed by atoms with Gasteiger partial charge in [-0.3, -0.25) is 4.98 Å². The first kappa shape index (κ1) is 25.1. The fourth-order valence-corrected chi connectivity index (χ4v) is 2.15. The van der Waals surface area contributed by atoms with E-state index in [-0.39, 0.29) is 25.8 Å². The quantitative estimate of drug-likeness (QED) is 0.199. The lowest BCUT2D eigenvalue weighted by molar-refractivity contribution is -0.140. The first-order chi connectivity index (χ1) is 14.5. The van der Waals surface area contributed by atoms with E-state index < -0.39 is 12.1 Å². The Kier molecular flexibility index (Phi) is 13.3. The number of carbonyl (C=O) groups is 3. The summed E-state index contributed by atoms with van der Waals surface area (Å²) in [6.45, 7) is 6.69. The summed E-state index contributed by atoms with van der Waals surface area (Å²) in [7, 11) is 0. The molecule has 0 spiro atoms. The second kappa shape index (κ2) is 15.9. The highest BCUT2D eigenvalue weighted by molar-refractivity contribution is 5.89. The molecule has 0 aliphatic rings. The van der Waals surface area contributed by atoms with Crippen molar-refractivity contribution in [1.82, 2.24) is 10.3 Å². The van der Waals surface area contributed by atoms with E-state index in [0.29, 0.717) is 30.9 Å². The molecule has 1 aromatic heterocycles. The zero-order chi connectivity index (χ0) is 22.0. The summed E-state index contributed by atoms with van der Waals surface area (Å²) in [5, 5.41) is 2.57. The van der Waals surface area contributed by atoms with Crippen LogP contribution in [0.25, 0.3) is 0 Å². The Labute approximate surface area is 176 Å².